The number of benzene rings is 1. The van der Waals surface area contributed by atoms with Gasteiger partial charge < -0.3 is 5.32 Å². The van der Waals surface area contributed by atoms with E-state index in [9.17, 15) is 0 Å². The molecule has 0 saturated heterocycles. The Hall–Kier alpha value is -1.67. The van der Waals surface area contributed by atoms with E-state index in [1.807, 2.05) is 18.3 Å². The molecule has 0 aliphatic rings. The second-order valence-corrected chi connectivity index (χ2v) is 5.65. The van der Waals surface area contributed by atoms with Crippen molar-refractivity contribution in [3.63, 3.8) is 0 Å². The molecule has 1 heterocycles. The fraction of sp³-hybridized carbons (Fsp3) is 0.389. The monoisotopic (exact) mass is 268 g/mol. The van der Waals surface area contributed by atoms with Gasteiger partial charge >= 0.3 is 0 Å². The molecule has 2 aromatic rings. The standard InChI is InChI=1S/C18H24N2/c1-14(2)17(16-9-5-4-6-10-16)13-20-15(3)18-11-7-8-12-19-18/h4-12,14-15,17,20H,13H2,1-3H3. The molecule has 0 fully saturated rings. The number of pyridine rings is 1. The van der Waals surface area contributed by atoms with Crippen LogP contribution in [0, 0.1) is 5.92 Å². The summed E-state index contributed by atoms with van der Waals surface area (Å²) in [5.74, 6) is 1.14. The van der Waals surface area contributed by atoms with Gasteiger partial charge in [-0.25, -0.2) is 0 Å². The van der Waals surface area contributed by atoms with Gasteiger partial charge in [0.15, 0.2) is 0 Å². The zero-order valence-corrected chi connectivity index (χ0v) is 12.6. The van der Waals surface area contributed by atoms with Gasteiger partial charge in [0.25, 0.3) is 0 Å². The molecule has 106 valence electrons. The van der Waals surface area contributed by atoms with E-state index in [1.54, 1.807) is 0 Å². The van der Waals surface area contributed by atoms with Gasteiger partial charge in [-0.05, 0) is 36.5 Å². The van der Waals surface area contributed by atoms with Gasteiger partial charge in [-0.15, -0.1) is 0 Å². The summed E-state index contributed by atoms with van der Waals surface area (Å²) in [7, 11) is 0. The van der Waals surface area contributed by atoms with Crippen molar-refractivity contribution in [2.75, 3.05) is 6.54 Å². The van der Waals surface area contributed by atoms with Crippen molar-refractivity contribution >= 4 is 0 Å². The Kier molecular flexibility index (Phi) is 5.31. The third-order valence-electron chi connectivity index (χ3n) is 3.81. The van der Waals surface area contributed by atoms with E-state index in [1.165, 1.54) is 5.56 Å². The smallest absolute Gasteiger partial charge is 0.0570 e. The maximum absolute atomic E-state index is 4.41. The molecule has 1 aromatic heterocycles. The van der Waals surface area contributed by atoms with Crippen LogP contribution in [-0.2, 0) is 0 Å². The number of aromatic nitrogens is 1. The van der Waals surface area contributed by atoms with Crippen molar-refractivity contribution in [3.05, 3.63) is 66.0 Å². The quantitative estimate of drug-likeness (QED) is 0.850. The van der Waals surface area contributed by atoms with Crippen molar-refractivity contribution < 1.29 is 0 Å². The third kappa shape index (κ3) is 3.91. The highest BCUT2D eigenvalue weighted by Crippen LogP contribution is 2.24. The predicted octanol–water partition coefficient (Wildman–Crippen LogP) is 4.17. The average molecular weight is 268 g/mol. The number of hydrogen-bond donors (Lipinski definition) is 1. The largest absolute Gasteiger partial charge is 0.308 e. The number of nitrogens with one attached hydrogen (secondary N) is 1. The van der Waals surface area contributed by atoms with Gasteiger partial charge in [0, 0.05) is 18.8 Å². The Bertz CT molecular complexity index is 493. The van der Waals surface area contributed by atoms with Crippen molar-refractivity contribution in [1.29, 1.82) is 0 Å². The lowest BCUT2D eigenvalue weighted by atomic mass is 9.88. The molecule has 1 N–H and O–H groups in total. The van der Waals surface area contributed by atoms with Gasteiger partial charge in [-0.3, -0.25) is 4.98 Å². The molecule has 0 bridgehead atoms. The minimum Gasteiger partial charge on any atom is -0.308 e. The summed E-state index contributed by atoms with van der Waals surface area (Å²) in [6.07, 6.45) is 1.85. The van der Waals surface area contributed by atoms with Gasteiger partial charge in [-0.1, -0.05) is 50.2 Å². The van der Waals surface area contributed by atoms with E-state index in [4.69, 9.17) is 0 Å². The van der Waals surface area contributed by atoms with E-state index < -0.39 is 0 Å². The molecular weight excluding hydrogens is 244 g/mol. The van der Waals surface area contributed by atoms with E-state index in [0.717, 1.165) is 12.2 Å². The highest BCUT2D eigenvalue weighted by molar-refractivity contribution is 5.20. The van der Waals surface area contributed by atoms with Crippen LogP contribution in [-0.4, -0.2) is 11.5 Å². The van der Waals surface area contributed by atoms with Crippen LogP contribution < -0.4 is 5.32 Å². The number of hydrogen-bond acceptors (Lipinski definition) is 2. The molecule has 0 aliphatic carbocycles. The van der Waals surface area contributed by atoms with Crippen LogP contribution >= 0.6 is 0 Å². The number of nitrogens with zero attached hydrogens (tertiary/aromatic N) is 1. The van der Waals surface area contributed by atoms with Crippen LogP contribution in [0.25, 0.3) is 0 Å². The van der Waals surface area contributed by atoms with Gasteiger partial charge in [0.05, 0.1) is 5.69 Å². The first-order valence-electron chi connectivity index (χ1n) is 7.37. The van der Waals surface area contributed by atoms with Crippen molar-refractivity contribution in [2.45, 2.75) is 32.7 Å². The van der Waals surface area contributed by atoms with Crippen molar-refractivity contribution in [3.8, 4) is 0 Å². The molecule has 0 saturated carbocycles. The molecule has 0 spiro atoms. The second-order valence-electron chi connectivity index (χ2n) is 5.65. The first-order chi connectivity index (χ1) is 9.68. The molecule has 2 unspecified atom stereocenters. The van der Waals surface area contributed by atoms with Crippen LogP contribution in [0.5, 0.6) is 0 Å². The molecule has 0 radical (unpaired) electrons. The maximum Gasteiger partial charge on any atom is 0.0570 e. The van der Waals surface area contributed by atoms with Gasteiger partial charge in [0.2, 0.25) is 0 Å². The summed E-state index contributed by atoms with van der Waals surface area (Å²) in [5.41, 5.74) is 2.51. The fourth-order valence-electron chi connectivity index (χ4n) is 2.48. The summed E-state index contributed by atoms with van der Waals surface area (Å²) < 4.78 is 0. The Morgan fingerprint density at radius 2 is 1.65 bits per heavy atom. The molecule has 0 aliphatic heterocycles. The highest BCUT2D eigenvalue weighted by Gasteiger charge is 2.17. The van der Waals surface area contributed by atoms with Gasteiger partial charge in [-0.2, -0.15) is 0 Å². The average Bonchev–Trinajstić information content (AvgIpc) is 2.49. The lowest BCUT2D eigenvalue weighted by molar-refractivity contribution is 0.433. The molecule has 1 aromatic carbocycles. The molecule has 20 heavy (non-hydrogen) atoms. The topological polar surface area (TPSA) is 24.9 Å². The SMILES string of the molecule is CC(NCC(c1ccccc1)C(C)C)c1ccccn1. The maximum atomic E-state index is 4.41. The molecule has 0 amide bonds. The lowest BCUT2D eigenvalue weighted by Crippen LogP contribution is -2.27. The highest BCUT2D eigenvalue weighted by atomic mass is 14.9. The van der Waals surface area contributed by atoms with Crippen LogP contribution in [0.2, 0.25) is 0 Å². The van der Waals surface area contributed by atoms with E-state index in [-0.39, 0.29) is 6.04 Å². The Balaban J connectivity index is 2.00. The summed E-state index contributed by atoms with van der Waals surface area (Å²) in [6.45, 7) is 7.71. The van der Waals surface area contributed by atoms with Gasteiger partial charge in [0.1, 0.15) is 0 Å². The third-order valence-corrected chi connectivity index (χ3v) is 3.81. The summed E-state index contributed by atoms with van der Waals surface area (Å²) in [4.78, 5) is 4.41. The van der Waals surface area contributed by atoms with Crippen molar-refractivity contribution in [1.82, 2.24) is 10.3 Å². The second kappa shape index (κ2) is 7.20. The Morgan fingerprint density at radius 3 is 2.25 bits per heavy atom. The normalized spacial score (nSPS) is 14.2. The van der Waals surface area contributed by atoms with Crippen molar-refractivity contribution in [2.24, 2.45) is 5.92 Å². The first-order valence-corrected chi connectivity index (χ1v) is 7.37. The minimum atomic E-state index is 0.279. The zero-order valence-electron chi connectivity index (χ0n) is 12.6. The number of rotatable bonds is 6. The summed E-state index contributed by atoms with van der Waals surface area (Å²) in [5, 5.41) is 3.62. The Labute approximate surface area is 122 Å². The minimum absolute atomic E-state index is 0.279. The van der Waals surface area contributed by atoms with E-state index in [2.05, 4.69) is 67.5 Å². The van der Waals surface area contributed by atoms with Crippen LogP contribution in [0.4, 0.5) is 0 Å². The molecule has 2 heteroatoms. The molecular formula is C18H24N2. The predicted molar refractivity (Wildman–Crippen MR) is 84.7 cm³/mol. The molecule has 2 nitrogen and oxygen atoms in total. The summed E-state index contributed by atoms with van der Waals surface area (Å²) in [6, 6.07) is 17.1. The van der Waals surface area contributed by atoms with Crippen LogP contribution in [0.15, 0.2) is 54.7 Å². The summed E-state index contributed by atoms with van der Waals surface area (Å²) >= 11 is 0. The van der Waals surface area contributed by atoms with E-state index >= 15 is 0 Å². The molecule has 2 rings (SSSR count). The Morgan fingerprint density at radius 1 is 0.950 bits per heavy atom. The first kappa shape index (κ1) is 14.7. The van der Waals surface area contributed by atoms with E-state index in [0.29, 0.717) is 11.8 Å². The zero-order chi connectivity index (χ0) is 14.4. The molecule has 2 atom stereocenters. The lowest BCUT2D eigenvalue weighted by Gasteiger charge is -2.24. The fourth-order valence-corrected chi connectivity index (χ4v) is 2.48. The van der Waals surface area contributed by atoms with Crippen LogP contribution in [0.3, 0.4) is 0 Å². The van der Waals surface area contributed by atoms with Crippen LogP contribution in [0.1, 0.15) is 44.0 Å².